The number of nitrogens with one attached hydrogen (secondary N) is 1. The molecule has 3 rings (SSSR count). The molecule has 0 saturated carbocycles. The van der Waals surface area contributed by atoms with Crippen molar-refractivity contribution in [3.63, 3.8) is 0 Å². The maximum absolute atomic E-state index is 14.0. The fourth-order valence-electron chi connectivity index (χ4n) is 3.00. The number of nitrogens with zero attached hydrogens (tertiary/aromatic N) is 2. The van der Waals surface area contributed by atoms with Gasteiger partial charge in [-0.05, 0) is 25.1 Å². The van der Waals surface area contributed by atoms with E-state index in [-0.39, 0.29) is 12.6 Å². The summed E-state index contributed by atoms with van der Waals surface area (Å²) in [6.07, 6.45) is 2.24. The van der Waals surface area contributed by atoms with Crippen molar-refractivity contribution < 1.29 is 9.50 Å². The van der Waals surface area contributed by atoms with Crippen molar-refractivity contribution in [1.29, 1.82) is 0 Å². The van der Waals surface area contributed by atoms with E-state index >= 15 is 0 Å². The lowest BCUT2D eigenvalue weighted by Crippen LogP contribution is -2.54. The topological polar surface area (TPSA) is 47.9 Å². The maximum Gasteiger partial charge on any atom is 0.141 e. The van der Waals surface area contributed by atoms with Crippen molar-refractivity contribution in [1.82, 2.24) is 5.32 Å². The van der Waals surface area contributed by atoms with E-state index in [2.05, 4.69) is 10.4 Å². The van der Waals surface area contributed by atoms with Gasteiger partial charge in [0.25, 0.3) is 0 Å². The summed E-state index contributed by atoms with van der Waals surface area (Å²) in [7, 11) is 0. The first-order valence-corrected chi connectivity index (χ1v) is 7.13. The number of para-hydroxylation sites is 1. The van der Waals surface area contributed by atoms with Gasteiger partial charge in [-0.1, -0.05) is 18.2 Å². The molecule has 3 atom stereocenters. The van der Waals surface area contributed by atoms with Crippen molar-refractivity contribution in [2.75, 3.05) is 18.1 Å². The van der Waals surface area contributed by atoms with Crippen molar-refractivity contribution in [3.05, 3.63) is 30.3 Å². The van der Waals surface area contributed by atoms with Gasteiger partial charge in [-0.2, -0.15) is 5.10 Å². The predicted molar refractivity (Wildman–Crippen MR) is 77.8 cm³/mol. The molecule has 0 amide bonds. The molecule has 1 aromatic rings. The first-order chi connectivity index (χ1) is 9.69. The lowest BCUT2D eigenvalue weighted by atomic mass is 9.84. The standard InChI is InChI=1S/C15H20FN3O/c16-14-11-17-9-7-15(14,20)10-13-6-8-18-19(13)12-4-2-1-3-5-12/h1-5,8,13-14,17,20H,6-7,9-11H2. The van der Waals surface area contributed by atoms with Gasteiger partial charge < -0.3 is 10.4 Å². The van der Waals surface area contributed by atoms with Gasteiger partial charge in [0.05, 0.1) is 11.7 Å². The van der Waals surface area contributed by atoms with E-state index in [0.29, 0.717) is 19.4 Å². The van der Waals surface area contributed by atoms with Crippen LogP contribution in [-0.4, -0.2) is 42.2 Å². The molecule has 2 aliphatic rings. The fraction of sp³-hybridized carbons (Fsp3) is 0.533. The zero-order valence-electron chi connectivity index (χ0n) is 11.4. The predicted octanol–water partition coefficient (Wildman–Crippen LogP) is 1.70. The summed E-state index contributed by atoms with van der Waals surface area (Å²) in [6, 6.07) is 9.86. The average Bonchev–Trinajstić information content (AvgIpc) is 2.91. The van der Waals surface area contributed by atoms with Crippen LogP contribution in [0.25, 0.3) is 0 Å². The third-order valence-electron chi connectivity index (χ3n) is 4.18. The Morgan fingerprint density at radius 3 is 2.95 bits per heavy atom. The Kier molecular flexibility index (Phi) is 3.72. The summed E-state index contributed by atoms with van der Waals surface area (Å²) in [5, 5.41) is 19.8. The van der Waals surface area contributed by atoms with Crippen LogP contribution in [0.15, 0.2) is 35.4 Å². The van der Waals surface area contributed by atoms with Crippen LogP contribution in [0.5, 0.6) is 0 Å². The molecule has 2 N–H and O–H groups in total. The Morgan fingerprint density at radius 1 is 1.40 bits per heavy atom. The molecule has 4 nitrogen and oxygen atoms in total. The molecule has 1 aromatic carbocycles. The Hall–Kier alpha value is -1.46. The first kappa shape index (κ1) is 13.5. The minimum atomic E-state index is -1.24. The summed E-state index contributed by atoms with van der Waals surface area (Å²) in [5.74, 6) is 0. The molecule has 2 heterocycles. The minimum absolute atomic E-state index is 0.0266. The molecule has 20 heavy (non-hydrogen) atoms. The van der Waals surface area contributed by atoms with Crippen molar-refractivity contribution >= 4 is 11.9 Å². The van der Waals surface area contributed by atoms with E-state index in [0.717, 1.165) is 12.1 Å². The summed E-state index contributed by atoms with van der Waals surface area (Å²) in [5.41, 5.74) is -0.254. The average molecular weight is 277 g/mol. The number of piperidine rings is 1. The van der Waals surface area contributed by atoms with Gasteiger partial charge in [-0.15, -0.1) is 0 Å². The number of alkyl halides is 1. The van der Waals surface area contributed by atoms with E-state index < -0.39 is 11.8 Å². The van der Waals surface area contributed by atoms with Gasteiger partial charge in [0.15, 0.2) is 0 Å². The highest BCUT2D eigenvalue weighted by Gasteiger charge is 2.42. The summed E-state index contributed by atoms with van der Waals surface area (Å²) in [6.45, 7) is 0.894. The van der Waals surface area contributed by atoms with Crippen LogP contribution in [0.2, 0.25) is 0 Å². The number of aliphatic hydroxyl groups is 1. The highest BCUT2D eigenvalue weighted by molar-refractivity contribution is 5.66. The lowest BCUT2D eigenvalue weighted by molar-refractivity contribution is -0.0647. The number of benzene rings is 1. The molecular formula is C15H20FN3O. The Labute approximate surface area is 118 Å². The van der Waals surface area contributed by atoms with E-state index in [4.69, 9.17) is 0 Å². The highest BCUT2D eigenvalue weighted by Crippen LogP contribution is 2.32. The zero-order valence-corrected chi connectivity index (χ0v) is 11.4. The van der Waals surface area contributed by atoms with Crippen LogP contribution in [0, 0.1) is 0 Å². The highest BCUT2D eigenvalue weighted by atomic mass is 19.1. The number of hydrazone groups is 1. The summed E-state index contributed by atoms with van der Waals surface area (Å²) in [4.78, 5) is 0. The monoisotopic (exact) mass is 277 g/mol. The molecule has 5 heteroatoms. The fourth-order valence-corrected chi connectivity index (χ4v) is 3.00. The lowest BCUT2D eigenvalue weighted by Gasteiger charge is -2.39. The SMILES string of the molecule is OC1(CC2CC=NN2c2ccccc2)CCNCC1F. The van der Waals surface area contributed by atoms with Gasteiger partial charge in [0, 0.05) is 25.6 Å². The molecule has 0 radical (unpaired) electrons. The largest absolute Gasteiger partial charge is 0.387 e. The molecule has 108 valence electrons. The molecule has 0 bridgehead atoms. The third kappa shape index (κ3) is 2.55. The van der Waals surface area contributed by atoms with Crippen LogP contribution in [0.3, 0.4) is 0 Å². The Balaban J connectivity index is 1.74. The first-order valence-electron chi connectivity index (χ1n) is 7.13. The molecule has 1 saturated heterocycles. The van der Waals surface area contributed by atoms with Crippen LogP contribution in [0.1, 0.15) is 19.3 Å². The second kappa shape index (κ2) is 5.50. The van der Waals surface area contributed by atoms with Crippen molar-refractivity contribution in [2.45, 2.75) is 37.1 Å². The second-order valence-electron chi connectivity index (χ2n) is 5.60. The maximum atomic E-state index is 14.0. The Bertz CT molecular complexity index is 481. The van der Waals surface area contributed by atoms with Crippen LogP contribution < -0.4 is 10.3 Å². The number of halogens is 1. The van der Waals surface area contributed by atoms with Crippen LogP contribution in [0.4, 0.5) is 10.1 Å². The molecule has 1 fully saturated rings. The van der Waals surface area contributed by atoms with Crippen LogP contribution >= 0.6 is 0 Å². The number of hydrogen-bond donors (Lipinski definition) is 2. The van der Waals surface area contributed by atoms with E-state index in [1.807, 2.05) is 41.6 Å². The quantitative estimate of drug-likeness (QED) is 0.884. The van der Waals surface area contributed by atoms with Crippen LogP contribution in [-0.2, 0) is 0 Å². The van der Waals surface area contributed by atoms with Gasteiger partial charge in [0.2, 0.25) is 0 Å². The number of rotatable bonds is 3. The van der Waals surface area contributed by atoms with E-state index in [1.165, 1.54) is 0 Å². The number of hydrogen-bond acceptors (Lipinski definition) is 4. The molecule has 0 aliphatic carbocycles. The summed E-state index contributed by atoms with van der Waals surface area (Å²) >= 11 is 0. The third-order valence-corrected chi connectivity index (χ3v) is 4.18. The normalized spacial score (nSPS) is 33.6. The Morgan fingerprint density at radius 2 is 2.20 bits per heavy atom. The molecule has 3 unspecified atom stereocenters. The van der Waals surface area contributed by atoms with E-state index in [9.17, 15) is 9.50 Å². The second-order valence-corrected chi connectivity index (χ2v) is 5.60. The van der Waals surface area contributed by atoms with E-state index in [1.54, 1.807) is 0 Å². The van der Waals surface area contributed by atoms with Crippen molar-refractivity contribution in [3.8, 4) is 0 Å². The smallest absolute Gasteiger partial charge is 0.141 e. The van der Waals surface area contributed by atoms with Crippen molar-refractivity contribution in [2.24, 2.45) is 5.10 Å². The van der Waals surface area contributed by atoms with Gasteiger partial charge in [-0.25, -0.2) is 4.39 Å². The molecular weight excluding hydrogens is 257 g/mol. The van der Waals surface area contributed by atoms with Gasteiger partial charge >= 0.3 is 0 Å². The zero-order chi connectivity index (χ0) is 14.0. The minimum Gasteiger partial charge on any atom is -0.387 e. The molecule has 2 aliphatic heterocycles. The summed E-state index contributed by atoms with van der Waals surface area (Å²) < 4.78 is 14.0. The van der Waals surface area contributed by atoms with Gasteiger partial charge in [-0.3, -0.25) is 5.01 Å². The molecule has 0 spiro atoms. The molecule has 0 aromatic heterocycles. The number of anilines is 1. The van der Waals surface area contributed by atoms with Gasteiger partial charge in [0.1, 0.15) is 11.8 Å².